The maximum atomic E-state index is 5.86. The van der Waals surface area contributed by atoms with E-state index in [2.05, 4.69) is 53.9 Å². The summed E-state index contributed by atoms with van der Waals surface area (Å²) in [6, 6.07) is 2.31. The summed E-state index contributed by atoms with van der Waals surface area (Å²) in [4.78, 5) is 4.30. The molecule has 0 aliphatic heterocycles. The van der Waals surface area contributed by atoms with Crippen molar-refractivity contribution < 1.29 is 0 Å². The normalized spacial score (nSPS) is 21.9. The lowest BCUT2D eigenvalue weighted by Crippen LogP contribution is -2.11. The molecule has 2 rings (SSSR count). The molecule has 1 saturated carbocycles. The Morgan fingerprint density at radius 2 is 1.88 bits per heavy atom. The molecule has 1 aromatic heterocycles. The van der Waals surface area contributed by atoms with Gasteiger partial charge in [0.2, 0.25) is 0 Å². The van der Waals surface area contributed by atoms with Crippen LogP contribution in [0.15, 0.2) is 16.7 Å². The first-order valence-corrected chi connectivity index (χ1v) is 6.51. The average molecular weight is 304 g/mol. The van der Waals surface area contributed by atoms with Crippen molar-refractivity contribution >= 4 is 33.3 Å². The van der Waals surface area contributed by atoms with Crippen molar-refractivity contribution in [1.29, 1.82) is 0 Å². The molecule has 1 heterocycles. The van der Waals surface area contributed by atoms with Crippen molar-refractivity contribution in [3.05, 3.63) is 21.8 Å². The van der Waals surface area contributed by atoms with Crippen LogP contribution in [0.5, 0.6) is 0 Å². The second-order valence-corrected chi connectivity index (χ2v) is 6.80. The first kappa shape index (κ1) is 12.2. The van der Waals surface area contributed by atoms with E-state index >= 15 is 0 Å². The Bertz CT molecular complexity index is 415. The summed E-state index contributed by atoms with van der Waals surface area (Å²) in [6.45, 7) is 9.09. The minimum Gasteiger partial charge on any atom is -0.365 e. The molecule has 1 aliphatic carbocycles. The second kappa shape index (κ2) is 3.61. The number of hydrogen-bond acceptors (Lipinski definition) is 2. The monoisotopic (exact) mass is 302 g/mol. The molecule has 2 nitrogen and oxygen atoms in total. The standard InChI is InChI=1S/C12H16BrClN2/c1-11(2)10(12(11,3)4)16-9-8(13)5-7(14)6-15-9/h5-6,10H,1-4H3,(H,15,16). The summed E-state index contributed by atoms with van der Waals surface area (Å²) in [7, 11) is 0. The van der Waals surface area contributed by atoms with Crippen molar-refractivity contribution in [1.82, 2.24) is 4.98 Å². The van der Waals surface area contributed by atoms with E-state index in [0.29, 0.717) is 21.9 Å². The predicted octanol–water partition coefficient (Wildman–Crippen LogP) is 4.34. The third-order valence-electron chi connectivity index (χ3n) is 4.11. The summed E-state index contributed by atoms with van der Waals surface area (Å²) in [5.41, 5.74) is 0.599. The number of rotatable bonds is 2. The van der Waals surface area contributed by atoms with E-state index in [0.717, 1.165) is 10.3 Å². The molecule has 0 radical (unpaired) electrons. The van der Waals surface area contributed by atoms with Crippen LogP contribution in [0, 0.1) is 10.8 Å². The lowest BCUT2D eigenvalue weighted by molar-refractivity contribution is 0.457. The van der Waals surface area contributed by atoms with E-state index in [1.165, 1.54) is 0 Å². The zero-order valence-electron chi connectivity index (χ0n) is 9.94. The quantitative estimate of drug-likeness (QED) is 0.879. The van der Waals surface area contributed by atoms with Crippen LogP contribution in [0.2, 0.25) is 5.02 Å². The third kappa shape index (κ3) is 1.74. The highest BCUT2D eigenvalue weighted by Crippen LogP contribution is 2.63. The van der Waals surface area contributed by atoms with E-state index < -0.39 is 0 Å². The van der Waals surface area contributed by atoms with E-state index in [4.69, 9.17) is 11.6 Å². The van der Waals surface area contributed by atoms with Crippen LogP contribution in [0.4, 0.5) is 5.82 Å². The molecule has 0 saturated heterocycles. The summed E-state index contributed by atoms with van der Waals surface area (Å²) in [6.07, 6.45) is 1.66. The maximum Gasteiger partial charge on any atom is 0.140 e. The minimum atomic E-state index is 0.299. The number of hydrogen-bond donors (Lipinski definition) is 1. The van der Waals surface area contributed by atoms with Crippen LogP contribution >= 0.6 is 27.5 Å². The minimum absolute atomic E-state index is 0.299. The van der Waals surface area contributed by atoms with Gasteiger partial charge in [-0.3, -0.25) is 0 Å². The highest BCUT2D eigenvalue weighted by atomic mass is 79.9. The number of nitrogens with zero attached hydrogens (tertiary/aromatic N) is 1. The molecule has 1 aromatic rings. The van der Waals surface area contributed by atoms with Gasteiger partial charge < -0.3 is 5.32 Å². The maximum absolute atomic E-state index is 5.86. The van der Waals surface area contributed by atoms with E-state index in [1.807, 2.05) is 6.07 Å². The molecule has 0 atom stereocenters. The van der Waals surface area contributed by atoms with Gasteiger partial charge in [-0.1, -0.05) is 39.3 Å². The lowest BCUT2D eigenvalue weighted by Gasteiger charge is -2.09. The van der Waals surface area contributed by atoms with Crippen LogP contribution in [0.25, 0.3) is 0 Å². The van der Waals surface area contributed by atoms with Gasteiger partial charge in [-0.2, -0.15) is 0 Å². The molecule has 0 bridgehead atoms. The van der Waals surface area contributed by atoms with Crippen molar-refractivity contribution in [2.45, 2.75) is 33.7 Å². The van der Waals surface area contributed by atoms with Crippen molar-refractivity contribution in [3.8, 4) is 0 Å². The summed E-state index contributed by atoms with van der Waals surface area (Å²) in [5, 5.41) is 4.12. The SMILES string of the molecule is CC1(C)C(Nc2ncc(Cl)cc2Br)C1(C)C. The van der Waals surface area contributed by atoms with E-state index in [9.17, 15) is 0 Å². The molecule has 1 aliphatic rings. The van der Waals surface area contributed by atoms with Crippen molar-refractivity contribution in [2.75, 3.05) is 5.32 Å². The summed E-state index contributed by atoms with van der Waals surface area (Å²) in [5.74, 6) is 0.869. The van der Waals surface area contributed by atoms with Gasteiger partial charge in [0.1, 0.15) is 5.82 Å². The number of halogens is 2. The average Bonchev–Trinajstić information content (AvgIpc) is 2.52. The number of pyridine rings is 1. The molecular formula is C12H16BrClN2. The Balaban J connectivity index is 2.18. The lowest BCUT2D eigenvalue weighted by atomic mass is 10.0. The molecule has 0 aromatic carbocycles. The Morgan fingerprint density at radius 3 is 2.31 bits per heavy atom. The molecule has 1 fully saturated rings. The highest BCUT2D eigenvalue weighted by molar-refractivity contribution is 9.10. The first-order chi connectivity index (χ1) is 7.26. The molecule has 16 heavy (non-hydrogen) atoms. The van der Waals surface area contributed by atoms with Crippen LogP contribution < -0.4 is 5.32 Å². The Labute approximate surface area is 110 Å². The van der Waals surface area contributed by atoms with Crippen LogP contribution in [0.1, 0.15) is 27.7 Å². The highest BCUT2D eigenvalue weighted by Gasteiger charge is 2.65. The van der Waals surface area contributed by atoms with Crippen LogP contribution in [0.3, 0.4) is 0 Å². The number of nitrogens with one attached hydrogen (secondary N) is 1. The Hall–Kier alpha value is -0.280. The molecule has 0 amide bonds. The fourth-order valence-corrected chi connectivity index (χ4v) is 2.97. The largest absolute Gasteiger partial charge is 0.365 e. The van der Waals surface area contributed by atoms with Gasteiger partial charge in [-0.15, -0.1) is 0 Å². The molecule has 88 valence electrons. The second-order valence-electron chi connectivity index (χ2n) is 5.50. The van der Waals surface area contributed by atoms with Crippen LogP contribution in [-0.4, -0.2) is 11.0 Å². The molecular weight excluding hydrogens is 288 g/mol. The van der Waals surface area contributed by atoms with E-state index in [-0.39, 0.29) is 0 Å². The molecule has 4 heteroatoms. The fourth-order valence-electron chi connectivity index (χ4n) is 2.21. The van der Waals surface area contributed by atoms with Gasteiger partial charge in [0.05, 0.1) is 9.50 Å². The Kier molecular flexibility index (Phi) is 2.75. The third-order valence-corrected chi connectivity index (χ3v) is 4.92. The van der Waals surface area contributed by atoms with Gasteiger partial charge in [0, 0.05) is 12.2 Å². The van der Waals surface area contributed by atoms with Crippen molar-refractivity contribution in [3.63, 3.8) is 0 Å². The zero-order valence-corrected chi connectivity index (χ0v) is 12.3. The van der Waals surface area contributed by atoms with Crippen molar-refractivity contribution in [2.24, 2.45) is 10.8 Å². The number of anilines is 1. The van der Waals surface area contributed by atoms with Gasteiger partial charge >= 0.3 is 0 Å². The smallest absolute Gasteiger partial charge is 0.140 e. The predicted molar refractivity (Wildman–Crippen MR) is 71.9 cm³/mol. The van der Waals surface area contributed by atoms with Gasteiger partial charge in [-0.25, -0.2) is 4.98 Å². The van der Waals surface area contributed by atoms with Gasteiger partial charge in [0.25, 0.3) is 0 Å². The molecule has 0 unspecified atom stereocenters. The zero-order chi connectivity index (χ0) is 12.1. The van der Waals surface area contributed by atoms with Gasteiger partial charge in [-0.05, 0) is 32.8 Å². The van der Waals surface area contributed by atoms with Gasteiger partial charge in [0.15, 0.2) is 0 Å². The molecule has 0 spiro atoms. The molecule has 1 N–H and O–H groups in total. The summed E-state index contributed by atoms with van der Waals surface area (Å²) >= 11 is 9.33. The van der Waals surface area contributed by atoms with E-state index in [1.54, 1.807) is 6.20 Å². The van der Waals surface area contributed by atoms with Crippen LogP contribution in [-0.2, 0) is 0 Å². The topological polar surface area (TPSA) is 24.9 Å². The Morgan fingerprint density at radius 1 is 1.31 bits per heavy atom. The summed E-state index contributed by atoms with van der Waals surface area (Å²) < 4.78 is 0.915. The first-order valence-electron chi connectivity index (χ1n) is 5.34. The fraction of sp³-hybridized carbons (Fsp3) is 0.583. The number of aromatic nitrogens is 1.